The van der Waals surface area contributed by atoms with E-state index in [-0.39, 0.29) is 12.3 Å². The molecule has 1 fully saturated rings. The van der Waals surface area contributed by atoms with Crippen molar-refractivity contribution >= 4 is 17.5 Å². The minimum atomic E-state index is -1.01. The standard InChI is InChI=1S/C16H14N2O6/c1-8-11(16(23)18(8)12-13(20)15(22)14(12)21)17-10(19)7-24-9-5-3-2-4-6-9/h2-6,8,11,20H,7H2,1H3,(H,17,19)/t8-,11-/m0/s1. The van der Waals surface area contributed by atoms with Crippen LogP contribution in [0.15, 0.2) is 39.9 Å². The average molecular weight is 330 g/mol. The minimum absolute atomic E-state index is 0.258. The van der Waals surface area contributed by atoms with E-state index < -0.39 is 40.5 Å². The monoisotopic (exact) mass is 330 g/mol. The van der Waals surface area contributed by atoms with Gasteiger partial charge < -0.3 is 15.2 Å². The van der Waals surface area contributed by atoms with Crippen molar-refractivity contribution in [2.75, 3.05) is 11.5 Å². The van der Waals surface area contributed by atoms with Crippen molar-refractivity contribution in [2.45, 2.75) is 19.0 Å². The second kappa shape index (κ2) is 5.80. The molecule has 0 spiro atoms. The molecule has 124 valence electrons. The van der Waals surface area contributed by atoms with Crippen LogP contribution in [0, 0.1) is 0 Å². The molecule has 24 heavy (non-hydrogen) atoms. The molecule has 0 aromatic heterocycles. The third-order valence-corrected chi connectivity index (χ3v) is 3.92. The van der Waals surface area contributed by atoms with Crippen molar-refractivity contribution in [1.29, 1.82) is 0 Å². The molecule has 1 heterocycles. The smallest absolute Gasteiger partial charge is 0.271 e. The molecule has 1 aliphatic rings. The molecule has 2 aromatic carbocycles. The number of rotatable bonds is 5. The van der Waals surface area contributed by atoms with E-state index in [0.717, 1.165) is 4.90 Å². The van der Waals surface area contributed by atoms with Gasteiger partial charge in [0.1, 0.15) is 17.5 Å². The van der Waals surface area contributed by atoms with Gasteiger partial charge >= 0.3 is 0 Å². The number of benzene rings is 1. The first-order valence-corrected chi connectivity index (χ1v) is 7.24. The van der Waals surface area contributed by atoms with Gasteiger partial charge in [0.25, 0.3) is 22.7 Å². The molecule has 2 amide bonds. The van der Waals surface area contributed by atoms with Gasteiger partial charge in [-0.2, -0.15) is 0 Å². The predicted molar refractivity (Wildman–Crippen MR) is 83.8 cm³/mol. The van der Waals surface area contributed by atoms with E-state index in [4.69, 9.17) is 4.74 Å². The zero-order valence-corrected chi connectivity index (χ0v) is 12.7. The Labute approximate surface area is 136 Å². The fourth-order valence-corrected chi connectivity index (χ4v) is 2.59. The molecular formula is C16H14N2O6. The lowest BCUT2D eigenvalue weighted by Crippen LogP contribution is -2.72. The summed E-state index contributed by atoms with van der Waals surface area (Å²) in [5, 5.41) is 11.9. The van der Waals surface area contributed by atoms with E-state index in [1.807, 2.05) is 6.07 Å². The van der Waals surface area contributed by atoms with E-state index >= 15 is 0 Å². The Kier molecular flexibility index (Phi) is 3.80. The highest BCUT2D eigenvalue weighted by Crippen LogP contribution is 2.31. The summed E-state index contributed by atoms with van der Waals surface area (Å²) in [5.74, 6) is -1.23. The van der Waals surface area contributed by atoms with Gasteiger partial charge in [0, 0.05) is 0 Å². The largest absolute Gasteiger partial charge is 0.502 e. The van der Waals surface area contributed by atoms with Gasteiger partial charge in [0.05, 0.1) is 6.04 Å². The molecule has 2 aromatic rings. The molecule has 2 atom stereocenters. The molecule has 0 unspecified atom stereocenters. The average Bonchev–Trinajstić information content (AvgIpc) is 2.62. The zero-order valence-electron chi connectivity index (χ0n) is 12.7. The molecule has 0 saturated carbocycles. The number of amides is 2. The number of para-hydroxylation sites is 1. The molecular weight excluding hydrogens is 316 g/mol. The van der Waals surface area contributed by atoms with Gasteiger partial charge in [-0.15, -0.1) is 0 Å². The van der Waals surface area contributed by atoms with Crippen LogP contribution in [0.5, 0.6) is 11.5 Å². The maximum atomic E-state index is 12.1. The number of nitrogens with zero attached hydrogens (tertiary/aromatic N) is 1. The Balaban J connectivity index is 1.58. The lowest BCUT2D eigenvalue weighted by atomic mass is 9.94. The van der Waals surface area contributed by atoms with Crippen LogP contribution in [0.3, 0.4) is 0 Å². The van der Waals surface area contributed by atoms with Gasteiger partial charge in [-0.05, 0) is 19.1 Å². The van der Waals surface area contributed by atoms with Crippen molar-refractivity contribution in [1.82, 2.24) is 5.32 Å². The summed E-state index contributed by atoms with van der Waals surface area (Å²) in [7, 11) is 0. The highest BCUT2D eigenvalue weighted by atomic mass is 16.5. The van der Waals surface area contributed by atoms with Crippen molar-refractivity contribution < 1.29 is 19.4 Å². The van der Waals surface area contributed by atoms with Crippen LogP contribution >= 0.6 is 0 Å². The van der Waals surface area contributed by atoms with Crippen LogP contribution in [0.4, 0.5) is 5.69 Å². The molecule has 8 heteroatoms. The molecule has 0 bridgehead atoms. The summed E-state index contributed by atoms with van der Waals surface area (Å²) in [6.07, 6.45) is 0. The van der Waals surface area contributed by atoms with Gasteiger partial charge in [-0.1, -0.05) is 18.2 Å². The molecule has 0 aliphatic carbocycles. The number of hydrogen-bond donors (Lipinski definition) is 2. The summed E-state index contributed by atoms with van der Waals surface area (Å²) >= 11 is 0. The number of nitrogens with one attached hydrogen (secondary N) is 1. The van der Waals surface area contributed by atoms with Gasteiger partial charge in [0.15, 0.2) is 12.4 Å². The Hall–Kier alpha value is -3.16. The van der Waals surface area contributed by atoms with E-state index in [0.29, 0.717) is 5.75 Å². The van der Waals surface area contributed by atoms with Crippen molar-refractivity contribution in [3.63, 3.8) is 0 Å². The number of ether oxygens (including phenoxy) is 1. The number of β-lactam (4-membered cyclic amide) rings is 1. The highest BCUT2D eigenvalue weighted by Gasteiger charge is 2.49. The van der Waals surface area contributed by atoms with E-state index in [1.165, 1.54) is 0 Å². The third-order valence-electron chi connectivity index (χ3n) is 3.92. The lowest BCUT2D eigenvalue weighted by molar-refractivity contribution is -0.133. The quantitative estimate of drug-likeness (QED) is 0.553. The first-order valence-electron chi connectivity index (χ1n) is 7.24. The SMILES string of the molecule is C[C@H]1[C@H](NC(=O)COc2ccccc2)C(=O)N1c1c(O)c(=O)c1=O. The summed E-state index contributed by atoms with van der Waals surface area (Å²) in [6.45, 7) is 1.34. The normalized spacial score (nSPS) is 19.9. The maximum absolute atomic E-state index is 12.1. The molecule has 8 nitrogen and oxygen atoms in total. The molecule has 0 radical (unpaired) electrons. The highest BCUT2D eigenvalue weighted by molar-refractivity contribution is 6.08. The van der Waals surface area contributed by atoms with Crippen LogP contribution in [-0.2, 0) is 9.59 Å². The van der Waals surface area contributed by atoms with E-state index in [9.17, 15) is 24.3 Å². The number of carbonyl (C=O) groups excluding carboxylic acids is 2. The fourth-order valence-electron chi connectivity index (χ4n) is 2.59. The number of hydrogen-bond acceptors (Lipinski definition) is 6. The maximum Gasteiger partial charge on any atom is 0.271 e. The Morgan fingerprint density at radius 1 is 1.21 bits per heavy atom. The zero-order chi connectivity index (χ0) is 17.4. The first-order chi connectivity index (χ1) is 11.4. The van der Waals surface area contributed by atoms with Crippen LogP contribution in [-0.4, -0.2) is 35.6 Å². The molecule has 1 saturated heterocycles. The number of aromatic hydroxyl groups is 1. The Morgan fingerprint density at radius 2 is 1.88 bits per heavy atom. The van der Waals surface area contributed by atoms with Crippen LogP contribution in [0.1, 0.15) is 6.92 Å². The lowest BCUT2D eigenvalue weighted by Gasteiger charge is -2.45. The summed E-state index contributed by atoms with van der Waals surface area (Å²) < 4.78 is 5.28. The van der Waals surface area contributed by atoms with Gasteiger partial charge in [0.2, 0.25) is 0 Å². The molecule has 2 N–H and O–H groups in total. The number of carbonyl (C=O) groups is 2. The summed E-state index contributed by atoms with van der Waals surface area (Å²) in [5.41, 5.74) is -2.21. The summed E-state index contributed by atoms with van der Waals surface area (Å²) in [6, 6.07) is 7.35. The Bertz CT molecular complexity index is 869. The van der Waals surface area contributed by atoms with Gasteiger partial charge in [-0.3, -0.25) is 24.1 Å². The molecule has 1 aliphatic heterocycles. The van der Waals surface area contributed by atoms with E-state index in [2.05, 4.69) is 5.32 Å². The Morgan fingerprint density at radius 3 is 2.46 bits per heavy atom. The van der Waals surface area contributed by atoms with Crippen molar-refractivity contribution in [3.05, 3.63) is 50.8 Å². The van der Waals surface area contributed by atoms with E-state index in [1.54, 1.807) is 31.2 Å². The topological polar surface area (TPSA) is 113 Å². The first kappa shape index (κ1) is 15.7. The van der Waals surface area contributed by atoms with Crippen molar-refractivity contribution in [2.24, 2.45) is 0 Å². The summed E-state index contributed by atoms with van der Waals surface area (Å²) in [4.78, 5) is 47.4. The van der Waals surface area contributed by atoms with Crippen LogP contribution < -0.4 is 25.8 Å². The van der Waals surface area contributed by atoms with Crippen LogP contribution in [0.25, 0.3) is 0 Å². The fraction of sp³-hybridized carbons (Fsp3) is 0.250. The van der Waals surface area contributed by atoms with Crippen LogP contribution in [0.2, 0.25) is 0 Å². The predicted octanol–water partition coefficient (Wildman–Crippen LogP) is -0.713. The third kappa shape index (κ3) is 2.41. The minimum Gasteiger partial charge on any atom is -0.502 e. The number of anilines is 1. The second-order valence-corrected chi connectivity index (χ2v) is 5.45. The van der Waals surface area contributed by atoms with Crippen molar-refractivity contribution in [3.8, 4) is 11.5 Å². The molecule has 3 rings (SSSR count). The van der Waals surface area contributed by atoms with Gasteiger partial charge in [-0.25, -0.2) is 0 Å². The second-order valence-electron chi connectivity index (χ2n) is 5.45.